The van der Waals surface area contributed by atoms with E-state index in [1.54, 1.807) is 0 Å². The predicted molar refractivity (Wildman–Crippen MR) is 78.7 cm³/mol. The Kier molecular flexibility index (Phi) is 3.60. The lowest BCUT2D eigenvalue weighted by molar-refractivity contribution is 1.08. The minimum absolute atomic E-state index is 0.627. The first-order valence-electron chi connectivity index (χ1n) is 5.35. The number of hydrogen-bond acceptors (Lipinski definition) is 2. The van der Waals surface area contributed by atoms with E-state index in [0.29, 0.717) is 4.73 Å². The normalized spacial score (nSPS) is 10.6. The summed E-state index contributed by atoms with van der Waals surface area (Å²) >= 11 is 3.33. The maximum absolute atomic E-state index is 4.49. The van der Waals surface area contributed by atoms with Crippen LogP contribution >= 0.6 is 25.2 Å². The van der Waals surface area contributed by atoms with Crippen LogP contribution < -0.4 is 5.30 Å². The minimum atomic E-state index is 0.627. The first kappa shape index (κ1) is 12.7. The zero-order valence-corrected chi connectivity index (χ0v) is 12.8. The molecule has 1 heterocycles. The van der Waals surface area contributed by atoms with Crippen LogP contribution in [0, 0.1) is 20.8 Å². The van der Waals surface area contributed by atoms with Crippen molar-refractivity contribution in [3.05, 3.63) is 39.8 Å². The number of halogens is 1. The van der Waals surface area contributed by atoms with Crippen LogP contribution in [0.5, 0.6) is 0 Å². The molecule has 1 aromatic heterocycles. The molecule has 0 amide bonds. The fraction of sp³-hybridized carbons (Fsp3) is 0.231. The van der Waals surface area contributed by atoms with Crippen molar-refractivity contribution in [2.75, 3.05) is 0 Å². The first-order valence-corrected chi connectivity index (χ1v) is 6.72. The van der Waals surface area contributed by atoms with Gasteiger partial charge in [-0.05, 0) is 53.1 Å². The van der Waals surface area contributed by atoms with E-state index in [4.69, 9.17) is 0 Å². The molecule has 0 saturated carbocycles. The van der Waals surface area contributed by atoms with E-state index in [1.807, 2.05) is 13.1 Å². The van der Waals surface area contributed by atoms with Crippen LogP contribution in [0.3, 0.4) is 0 Å². The van der Waals surface area contributed by atoms with Crippen LogP contribution in [-0.2, 0) is 0 Å². The highest BCUT2D eigenvalue weighted by Gasteiger charge is 2.11. The first-order chi connectivity index (χ1) is 7.99. The SMILES string of the molecule is Cc1cc(C)c(-c2nc(Br)ncc2C)c(P)c1. The molecule has 1 aromatic carbocycles. The molecule has 0 spiro atoms. The van der Waals surface area contributed by atoms with Gasteiger partial charge in [0.2, 0.25) is 0 Å². The highest BCUT2D eigenvalue weighted by molar-refractivity contribution is 9.10. The predicted octanol–water partition coefficient (Wildman–Crippen LogP) is 3.33. The van der Waals surface area contributed by atoms with E-state index in [0.717, 1.165) is 11.3 Å². The molecule has 17 heavy (non-hydrogen) atoms. The van der Waals surface area contributed by atoms with Crippen molar-refractivity contribution < 1.29 is 0 Å². The number of rotatable bonds is 1. The molecule has 0 bridgehead atoms. The Morgan fingerprint density at radius 3 is 2.47 bits per heavy atom. The van der Waals surface area contributed by atoms with E-state index >= 15 is 0 Å². The highest BCUT2D eigenvalue weighted by Crippen LogP contribution is 2.26. The van der Waals surface area contributed by atoms with E-state index in [-0.39, 0.29) is 0 Å². The molecular weight excluding hydrogens is 295 g/mol. The molecule has 0 fully saturated rings. The molecule has 2 nitrogen and oxygen atoms in total. The van der Waals surface area contributed by atoms with Gasteiger partial charge < -0.3 is 0 Å². The number of aromatic nitrogens is 2. The molecule has 0 N–H and O–H groups in total. The Hall–Kier alpha value is -0.790. The molecule has 2 aromatic rings. The Labute approximate surface area is 112 Å². The van der Waals surface area contributed by atoms with Gasteiger partial charge in [0, 0.05) is 11.8 Å². The molecule has 1 atom stereocenters. The molecule has 0 aliphatic rings. The van der Waals surface area contributed by atoms with Gasteiger partial charge in [-0.1, -0.05) is 17.7 Å². The molecule has 0 aliphatic carbocycles. The van der Waals surface area contributed by atoms with Crippen molar-refractivity contribution in [3.63, 3.8) is 0 Å². The van der Waals surface area contributed by atoms with E-state index in [2.05, 4.69) is 61.1 Å². The van der Waals surface area contributed by atoms with Crippen molar-refractivity contribution in [2.24, 2.45) is 0 Å². The topological polar surface area (TPSA) is 25.8 Å². The van der Waals surface area contributed by atoms with Gasteiger partial charge in [0.1, 0.15) is 0 Å². The van der Waals surface area contributed by atoms with Gasteiger partial charge in [0.05, 0.1) is 5.69 Å². The zero-order valence-electron chi connectivity index (χ0n) is 10.1. The zero-order chi connectivity index (χ0) is 12.6. The molecule has 2 rings (SSSR count). The number of benzene rings is 1. The van der Waals surface area contributed by atoms with Crippen LogP contribution in [0.1, 0.15) is 16.7 Å². The number of aryl methyl sites for hydroxylation is 3. The van der Waals surface area contributed by atoms with Crippen molar-refractivity contribution in [1.29, 1.82) is 0 Å². The summed E-state index contributed by atoms with van der Waals surface area (Å²) in [5, 5.41) is 1.18. The number of nitrogens with zero attached hydrogens (tertiary/aromatic N) is 2. The monoisotopic (exact) mass is 308 g/mol. The van der Waals surface area contributed by atoms with Crippen LogP contribution in [-0.4, -0.2) is 9.97 Å². The fourth-order valence-electron chi connectivity index (χ4n) is 2.00. The number of hydrogen-bond donors (Lipinski definition) is 0. The Morgan fingerprint density at radius 1 is 1.12 bits per heavy atom. The van der Waals surface area contributed by atoms with Gasteiger partial charge in [-0.25, -0.2) is 9.97 Å². The average molecular weight is 309 g/mol. The summed E-state index contributed by atoms with van der Waals surface area (Å²) in [6.45, 7) is 6.25. The summed E-state index contributed by atoms with van der Waals surface area (Å²) in [6.07, 6.45) is 1.84. The van der Waals surface area contributed by atoms with E-state index in [9.17, 15) is 0 Å². The largest absolute Gasteiger partial charge is 0.230 e. The Balaban J connectivity index is 2.72. The summed E-state index contributed by atoms with van der Waals surface area (Å²) in [5.74, 6) is 0. The van der Waals surface area contributed by atoms with E-state index < -0.39 is 0 Å². The molecule has 88 valence electrons. The van der Waals surface area contributed by atoms with Gasteiger partial charge >= 0.3 is 0 Å². The fourth-order valence-corrected chi connectivity index (χ4v) is 2.90. The molecule has 0 radical (unpaired) electrons. The maximum atomic E-state index is 4.49. The molecule has 4 heteroatoms. The molecular formula is C13H14BrN2P. The standard InChI is InChI=1S/C13H14BrN2P/c1-7-4-8(2)11(10(17)5-7)12-9(3)6-15-13(14)16-12/h4-6H,17H2,1-3H3. The van der Waals surface area contributed by atoms with Gasteiger partial charge in [-0.15, -0.1) is 9.24 Å². The Morgan fingerprint density at radius 2 is 1.82 bits per heavy atom. The third kappa shape index (κ3) is 2.56. The average Bonchev–Trinajstić information content (AvgIpc) is 2.21. The van der Waals surface area contributed by atoms with Crippen LogP contribution in [0.15, 0.2) is 23.1 Å². The quantitative estimate of drug-likeness (QED) is 0.596. The van der Waals surface area contributed by atoms with Gasteiger partial charge in [-0.2, -0.15) is 0 Å². The molecule has 0 saturated heterocycles. The van der Waals surface area contributed by atoms with Crippen molar-refractivity contribution in [1.82, 2.24) is 9.97 Å². The van der Waals surface area contributed by atoms with Crippen LogP contribution in [0.25, 0.3) is 11.3 Å². The second-order valence-electron chi connectivity index (χ2n) is 4.22. The summed E-state index contributed by atoms with van der Waals surface area (Å²) in [7, 11) is 2.79. The summed E-state index contributed by atoms with van der Waals surface area (Å²) < 4.78 is 0.627. The van der Waals surface area contributed by atoms with Crippen molar-refractivity contribution >= 4 is 30.5 Å². The minimum Gasteiger partial charge on any atom is -0.230 e. The van der Waals surface area contributed by atoms with Crippen molar-refractivity contribution in [2.45, 2.75) is 20.8 Å². The lowest BCUT2D eigenvalue weighted by Crippen LogP contribution is -2.04. The smallest absolute Gasteiger partial charge is 0.197 e. The lowest BCUT2D eigenvalue weighted by atomic mass is 10.0. The van der Waals surface area contributed by atoms with Gasteiger partial charge in [0.15, 0.2) is 4.73 Å². The summed E-state index contributed by atoms with van der Waals surface area (Å²) in [4.78, 5) is 8.63. The van der Waals surface area contributed by atoms with Crippen LogP contribution in [0.4, 0.5) is 0 Å². The molecule has 0 aliphatic heterocycles. The summed E-state index contributed by atoms with van der Waals surface area (Å²) in [6, 6.07) is 4.33. The van der Waals surface area contributed by atoms with Crippen molar-refractivity contribution in [3.8, 4) is 11.3 Å². The summed E-state index contributed by atoms with van der Waals surface area (Å²) in [5.41, 5.74) is 5.77. The highest BCUT2D eigenvalue weighted by atomic mass is 79.9. The van der Waals surface area contributed by atoms with Gasteiger partial charge in [0.25, 0.3) is 0 Å². The van der Waals surface area contributed by atoms with E-state index in [1.165, 1.54) is 22.0 Å². The Bertz CT molecular complexity index is 559. The van der Waals surface area contributed by atoms with Gasteiger partial charge in [-0.3, -0.25) is 0 Å². The third-order valence-electron chi connectivity index (χ3n) is 2.69. The van der Waals surface area contributed by atoms with Crippen LogP contribution in [0.2, 0.25) is 0 Å². The third-order valence-corrected chi connectivity index (χ3v) is 3.53. The second-order valence-corrected chi connectivity index (χ2v) is 5.55. The second kappa shape index (κ2) is 4.83. The molecule has 1 unspecified atom stereocenters. The maximum Gasteiger partial charge on any atom is 0.197 e. The lowest BCUT2D eigenvalue weighted by Gasteiger charge is -2.12.